The first-order chi connectivity index (χ1) is 12.2. The summed E-state index contributed by atoms with van der Waals surface area (Å²) in [7, 11) is 0. The molecule has 1 fully saturated rings. The Bertz CT molecular complexity index is 691. The fraction of sp³-hybridized carbons (Fsp3) is 0.526. The Hall–Kier alpha value is -2.21. The average molecular weight is 341 g/mol. The highest BCUT2D eigenvalue weighted by Gasteiger charge is 2.24. The van der Waals surface area contributed by atoms with Gasteiger partial charge in [0.2, 0.25) is 0 Å². The lowest BCUT2D eigenvalue weighted by molar-refractivity contribution is 0.0930. The molecule has 1 amide bonds. The number of hydrogen-bond acceptors (Lipinski definition) is 4. The Morgan fingerprint density at radius 2 is 2.04 bits per heavy atom. The molecule has 134 valence electrons. The second kappa shape index (κ2) is 8.25. The van der Waals surface area contributed by atoms with Crippen LogP contribution in [0.1, 0.15) is 54.0 Å². The average Bonchev–Trinajstić information content (AvgIpc) is 3.04. The molecule has 3 rings (SSSR count). The molecule has 1 saturated heterocycles. The predicted octanol–water partition coefficient (Wildman–Crippen LogP) is 2.26. The molecule has 1 unspecified atom stereocenters. The van der Waals surface area contributed by atoms with Gasteiger partial charge in [0.1, 0.15) is 0 Å². The van der Waals surface area contributed by atoms with Crippen molar-refractivity contribution in [1.82, 2.24) is 25.6 Å². The van der Waals surface area contributed by atoms with Gasteiger partial charge in [-0.3, -0.25) is 4.79 Å². The highest BCUT2D eigenvalue weighted by molar-refractivity contribution is 5.93. The number of amides is 1. The number of rotatable bonds is 6. The van der Waals surface area contributed by atoms with Crippen LogP contribution in [-0.4, -0.2) is 40.0 Å². The van der Waals surface area contributed by atoms with Gasteiger partial charge in [0.05, 0.1) is 11.7 Å². The van der Waals surface area contributed by atoms with E-state index < -0.39 is 0 Å². The van der Waals surface area contributed by atoms with Crippen molar-refractivity contribution in [1.29, 1.82) is 0 Å². The third-order valence-electron chi connectivity index (χ3n) is 4.95. The summed E-state index contributed by atoms with van der Waals surface area (Å²) in [5.74, 6) is -0.125. The van der Waals surface area contributed by atoms with E-state index in [4.69, 9.17) is 0 Å². The molecule has 1 aromatic heterocycles. The van der Waals surface area contributed by atoms with Gasteiger partial charge in [0.25, 0.3) is 5.91 Å². The summed E-state index contributed by atoms with van der Waals surface area (Å²) < 4.78 is 1.92. The topological polar surface area (TPSA) is 71.8 Å². The summed E-state index contributed by atoms with van der Waals surface area (Å²) in [6.45, 7) is 6.00. The Labute approximate surface area is 149 Å². The molecule has 0 saturated carbocycles. The number of piperidine rings is 1. The monoisotopic (exact) mass is 341 g/mol. The zero-order valence-corrected chi connectivity index (χ0v) is 15.0. The SMILES string of the molecule is CCC(Cc1ccccc1)NC(=O)c1nnn(C2CCNCC2)c1C. The minimum Gasteiger partial charge on any atom is -0.348 e. The Morgan fingerprint density at radius 3 is 2.72 bits per heavy atom. The molecule has 1 aromatic carbocycles. The summed E-state index contributed by atoms with van der Waals surface area (Å²) in [4.78, 5) is 12.7. The van der Waals surface area contributed by atoms with E-state index in [2.05, 4.69) is 40.0 Å². The lowest BCUT2D eigenvalue weighted by atomic mass is 10.0. The fourth-order valence-electron chi connectivity index (χ4n) is 3.40. The third-order valence-corrected chi connectivity index (χ3v) is 4.95. The maximum absolute atomic E-state index is 12.7. The van der Waals surface area contributed by atoms with Crippen LogP contribution < -0.4 is 10.6 Å². The molecule has 6 nitrogen and oxygen atoms in total. The highest BCUT2D eigenvalue weighted by atomic mass is 16.2. The van der Waals surface area contributed by atoms with Gasteiger partial charge < -0.3 is 10.6 Å². The number of carbonyl (C=O) groups is 1. The van der Waals surface area contributed by atoms with Gasteiger partial charge in [0.15, 0.2) is 5.69 Å². The minimum absolute atomic E-state index is 0.0957. The van der Waals surface area contributed by atoms with Crippen LogP contribution >= 0.6 is 0 Å². The van der Waals surface area contributed by atoms with Gasteiger partial charge in [-0.25, -0.2) is 4.68 Å². The van der Waals surface area contributed by atoms with Crippen LogP contribution in [-0.2, 0) is 6.42 Å². The molecule has 0 bridgehead atoms. The molecule has 6 heteroatoms. The number of aromatic nitrogens is 3. The summed E-state index contributed by atoms with van der Waals surface area (Å²) in [5, 5.41) is 14.9. The van der Waals surface area contributed by atoms with E-state index in [1.165, 1.54) is 5.56 Å². The van der Waals surface area contributed by atoms with Crippen LogP contribution in [0.3, 0.4) is 0 Å². The number of nitrogens with one attached hydrogen (secondary N) is 2. The van der Waals surface area contributed by atoms with Crippen LogP contribution in [0.25, 0.3) is 0 Å². The highest BCUT2D eigenvalue weighted by Crippen LogP contribution is 2.20. The summed E-state index contributed by atoms with van der Waals surface area (Å²) in [5.41, 5.74) is 2.54. The second-order valence-electron chi connectivity index (χ2n) is 6.72. The van der Waals surface area contributed by atoms with Crippen molar-refractivity contribution in [3.05, 3.63) is 47.3 Å². The number of nitrogens with zero attached hydrogens (tertiary/aromatic N) is 3. The van der Waals surface area contributed by atoms with E-state index >= 15 is 0 Å². The zero-order chi connectivity index (χ0) is 17.6. The molecule has 2 N–H and O–H groups in total. The van der Waals surface area contributed by atoms with Crippen molar-refractivity contribution >= 4 is 5.91 Å². The molecule has 0 radical (unpaired) electrons. The van der Waals surface area contributed by atoms with E-state index in [9.17, 15) is 4.79 Å². The van der Waals surface area contributed by atoms with E-state index in [1.807, 2.05) is 29.8 Å². The first-order valence-electron chi connectivity index (χ1n) is 9.16. The Balaban J connectivity index is 1.66. The molecule has 1 aliphatic rings. The molecule has 2 heterocycles. The Morgan fingerprint density at radius 1 is 1.32 bits per heavy atom. The van der Waals surface area contributed by atoms with Crippen LogP contribution in [0.5, 0.6) is 0 Å². The maximum Gasteiger partial charge on any atom is 0.273 e. The third kappa shape index (κ3) is 4.25. The molecule has 0 spiro atoms. The van der Waals surface area contributed by atoms with Gasteiger partial charge in [-0.1, -0.05) is 42.5 Å². The van der Waals surface area contributed by atoms with Crippen molar-refractivity contribution in [3.8, 4) is 0 Å². The Kier molecular flexibility index (Phi) is 5.81. The number of benzene rings is 1. The quantitative estimate of drug-likeness (QED) is 0.845. The largest absolute Gasteiger partial charge is 0.348 e. The normalized spacial score (nSPS) is 16.6. The van der Waals surface area contributed by atoms with Crippen LogP contribution in [0.15, 0.2) is 30.3 Å². The summed E-state index contributed by atoms with van der Waals surface area (Å²) in [6.07, 6.45) is 3.75. The van der Waals surface area contributed by atoms with E-state index in [0.29, 0.717) is 11.7 Å². The molecule has 2 aromatic rings. The van der Waals surface area contributed by atoms with Gasteiger partial charge in [-0.05, 0) is 51.3 Å². The standard InChI is InChI=1S/C19H27N5O/c1-3-16(13-15-7-5-4-6-8-15)21-19(25)18-14(2)24(23-22-18)17-9-11-20-12-10-17/h4-8,16-17,20H,3,9-13H2,1-2H3,(H,21,25). The van der Waals surface area contributed by atoms with Gasteiger partial charge >= 0.3 is 0 Å². The van der Waals surface area contributed by atoms with Crippen LogP contribution in [0.2, 0.25) is 0 Å². The van der Waals surface area contributed by atoms with Crippen molar-refractivity contribution in [2.75, 3.05) is 13.1 Å². The lowest BCUT2D eigenvalue weighted by Crippen LogP contribution is -2.36. The molecule has 25 heavy (non-hydrogen) atoms. The van der Waals surface area contributed by atoms with E-state index in [-0.39, 0.29) is 11.9 Å². The van der Waals surface area contributed by atoms with Crippen LogP contribution in [0.4, 0.5) is 0 Å². The summed E-state index contributed by atoms with van der Waals surface area (Å²) in [6, 6.07) is 10.7. The molecular weight excluding hydrogens is 314 g/mol. The smallest absolute Gasteiger partial charge is 0.273 e. The summed E-state index contributed by atoms with van der Waals surface area (Å²) >= 11 is 0. The fourth-order valence-corrected chi connectivity index (χ4v) is 3.40. The number of carbonyl (C=O) groups excluding carboxylic acids is 1. The van der Waals surface area contributed by atoms with Crippen molar-refractivity contribution < 1.29 is 4.79 Å². The second-order valence-corrected chi connectivity index (χ2v) is 6.72. The minimum atomic E-state index is -0.125. The molecular formula is C19H27N5O. The number of hydrogen-bond donors (Lipinski definition) is 2. The predicted molar refractivity (Wildman–Crippen MR) is 97.6 cm³/mol. The van der Waals surface area contributed by atoms with E-state index in [1.54, 1.807) is 0 Å². The molecule has 1 atom stereocenters. The van der Waals surface area contributed by atoms with Crippen molar-refractivity contribution in [2.24, 2.45) is 0 Å². The maximum atomic E-state index is 12.7. The zero-order valence-electron chi connectivity index (χ0n) is 15.0. The molecule has 0 aliphatic carbocycles. The van der Waals surface area contributed by atoms with Crippen molar-refractivity contribution in [2.45, 2.75) is 51.6 Å². The first kappa shape index (κ1) is 17.6. The van der Waals surface area contributed by atoms with Gasteiger partial charge in [-0.15, -0.1) is 5.10 Å². The lowest BCUT2D eigenvalue weighted by Gasteiger charge is -2.23. The first-order valence-corrected chi connectivity index (χ1v) is 9.16. The van der Waals surface area contributed by atoms with Gasteiger partial charge in [0, 0.05) is 6.04 Å². The van der Waals surface area contributed by atoms with E-state index in [0.717, 1.165) is 44.5 Å². The van der Waals surface area contributed by atoms with Crippen LogP contribution in [0, 0.1) is 6.92 Å². The van der Waals surface area contributed by atoms with Gasteiger partial charge in [-0.2, -0.15) is 0 Å². The van der Waals surface area contributed by atoms with Crippen molar-refractivity contribution in [3.63, 3.8) is 0 Å². The molecule has 1 aliphatic heterocycles.